The lowest BCUT2D eigenvalue weighted by molar-refractivity contribution is -0.137. The topological polar surface area (TPSA) is 35.8 Å². The molecule has 2 aromatic rings. The standard InChI is InChI=1S/C15H10F4N2/c16-12-5-2-6-13(8-12)21-14(9-20)10-3-1-4-11(7-10)15(17,18)19/h1-8,14,21H. The number of alkyl halides is 3. The van der Waals surface area contributed by atoms with E-state index in [1.807, 2.05) is 6.07 Å². The zero-order valence-electron chi connectivity index (χ0n) is 10.7. The summed E-state index contributed by atoms with van der Waals surface area (Å²) in [7, 11) is 0. The summed E-state index contributed by atoms with van der Waals surface area (Å²) in [6.07, 6.45) is -4.48. The van der Waals surface area contributed by atoms with E-state index in [-0.39, 0.29) is 5.56 Å². The molecule has 108 valence electrons. The monoisotopic (exact) mass is 294 g/mol. The molecule has 1 N–H and O–H groups in total. The molecule has 0 amide bonds. The van der Waals surface area contributed by atoms with Crippen molar-refractivity contribution in [3.63, 3.8) is 0 Å². The van der Waals surface area contributed by atoms with Gasteiger partial charge in [-0.25, -0.2) is 4.39 Å². The van der Waals surface area contributed by atoms with Gasteiger partial charge in [0.05, 0.1) is 11.6 Å². The van der Waals surface area contributed by atoms with Gasteiger partial charge in [-0.15, -0.1) is 0 Å². The van der Waals surface area contributed by atoms with Crippen molar-refractivity contribution in [2.45, 2.75) is 12.2 Å². The van der Waals surface area contributed by atoms with Gasteiger partial charge in [0.15, 0.2) is 0 Å². The van der Waals surface area contributed by atoms with E-state index in [1.165, 1.54) is 30.3 Å². The Kier molecular flexibility index (Phi) is 4.13. The second-order valence-electron chi connectivity index (χ2n) is 4.34. The van der Waals surface area contributed by atoms with Crippen LogP contribution in [0.5, 0.6) is 0 Å². The first-order valence-electron chi connectivity index (χ1n) is 5.99. The summed E-state index contributed by atoms with van der Waals surface area (Å²) in [4.78, 5) is 0. The number of hydrogen-bond acceptors (Lipinski definition) is 2. The number of anilines is 1. The molecule has 1 unspecified atom stereocenters. The van der Waals surface area contributed by atoms with Gasteiger partial charge in [0.25, 0.3) is 0 Å². The van der Waals surface area contributed by atoms with Gasteiger partial charge >= 0.3 is 6.18 Å². The van der Waals surface area contributed by atoms with Crippen LogP contribution in [0.25, 0.3) is 0 Å². The predicted octanol–water partition coefficient (Wildman–Crippen LogP) is 4.52. The lowest BCUT2D eigenvalue weighted by atomic mass is 10.0. The van der Waals surface area contributed by atoms with Gasteiger partial charge < -0.3 is 5.32 Å². The highest BCUT2D eigenvalue weighted by Gasteiger charge is 2.31. The van der Waals surface area contributed by atoms with E-state index < -0.39 is 23.6 Å². The molecule has 0 radical (unpaired) electrons. The first kappa shape index (κ1) is 14.9. The Morgan fingerprint density at radius 1 is 1.05 bits per heavy atom. The van der Waals surface area contributed by atoms with Gasteiger partial charge in [0, 0.05) is 5.69 Å². The molecule has 0 saturated heterocycles. The summed E-state index contributed by atoms with van der Waals surface area (Å²) >= 11 is 0. The summed E-state index contributed by atoms with van der Waals surface area (Å²) in [6, 6.07) is 10.7. The van der Waals surface area contributed by atoms with Crippen LogP contribution < -0.4 is 5.32 Å². The Hall–Kier alpha value is -2.55. The van der Waals surface area contributed by atoms with Crippen LogP contribution >= 0.6 is 0 Å². The largest absolute Gasteiger partial charge is 0.416 e. The van der Waals surface area contributed by atoms with Crippen molar-refractivity contribution in [2.75, 3.05) is 5.32 Å². The molecule has 2 rings (SSSR count). The van der Waals surface area contributed by atoms with E-state index in [2.05, 4.69) is 5.32 Å². The lowest BCUT2D eigenvalue weighted by Crippen LogP contribution is -2.11. The Bertz CT molecular complexity index is 674. The van der Waals surface area contributed by atoms with E-state index in [9.17, 15) is 17.6 Å². The zero-order valence-corrected chi connectivity index (χ0v) is 10.7. The van der Waals surface area contributed by atoms with Crippen molar-refractivity contribution in [1.82, 2.24) is 0 Å². The maximum atomic E-state index is 13.1. The molecule has 0 bridgehead atoms. The van der Waals surface area contributed by atoms with Gasteiger partial charge in [-0.05, 0) is 35.9 Å². The van der Waals surface area contributed by atoms with E-state index in [0.717, 1.165) is 18.2 Å². The Balaban J connectivity index is 2.28. The van der Waals surface area contributed by atoms with E-state index in [0.29, 0.717) is 5.69 Å². The average Bonchev–Trinajstić information content (AvgIpc) is 2.44. The molecule has 0 spiro atoms. The Morgan fingerprint density at radius 3 is 2.38 bits per heavy atom. The molecule has 0 aliphatic rings. The number of nitrogens with one attached hydrogen (secondary N) is 1. The van der Waals surface area contributed by atoms with Crippen molar-refractivity contribution >= 4 is 5.69 Å². The maximum Gasteiger partial charge on any atom is 0.416 e. The van der Waals surface area contributed by atoms with Crippen LogP contribution in [-0.4, -0.2) is 0 Å². The van der Waals surface area contributed by atoms with Gasteiger partial charge in [-0.1, -0.05) is 18.2 Å². The van der Waals surface area contributed by atoms with E-state index in [4.69, 9.17) is 5.26 Å². The molecule has 0 fully saturated rings. The molecule has 21 heavy (non-hydrogen) atoms. The summed E-state index contributed by atoms with van der Waals surface area (Å²) in [6.45, 7) is 0. The SMILES string of the molecule is N#CC(Nc1cccc(F)c1)c1cccc(C(F)(F)F)c1. The molecule has 0 aromatic heterocycles. The lowest BCUT2D eigenvalue weighted by Gasteiger charge is -2.15. The number of benzene rings is 2. The third-order valence-corrected chi connectivity index (χ3v) is 2.81. The van der Waals surface area contributed by atoms with Crippen LogP contribution in [0, 0.1) is 17.1 Å². The first-order chi connectivity index (χ1) is 9.90. The van der Waals surface area contributed by atoms with Crippen LogP contribution in [0.1, 0.15) is 17.2 Å². The number of halogens is 4. The molecular weight excluding hydrogens is 284 g/mol. The minimum Gasteiger partial charge on any atom is -0.366 e. The summed E-state index contributed by atoms with van der Waals surface area (Å²) in [5.41, 5.74) is -0.350. The highest BCUT2D eigenvalue weighted by Crippen LogP contribution is 2.31. The fourth-order valence-electron chi connectivity index (χ4n) is 1.83. The van der Waals surface area contributed by atoms with Gasteiger partial charge in [-0.3, -0.25) is 0 Å². The van der Waals surface area contributed by atoms with Gasteiger partial charge in [0.1, 0.15) is 11.9 Å². The first-order valence-corrected chi connectivity index (χ1v) is 5.99. The molecule has 0 aliphatic carbocycles. The summed E-state index contributed by atoms with van der Waals surface area (Å²) < 4.78 is 51.1. The fraction of sp³-hybridized carbons (Fsp3) is 0.133. The number of rotatable bonds is 3. The minimum absolute atomic E-state index is 0.164. The highest BCUT2D eigenvalue weighted by molar-refractivity contribution is 5.48. The summed E-state index contributed by atoms with van der Waals surface area (Å²) in [5.74, 6) is -0.499. The molecule has 6 heteroatoms. The van der Waals surface area contributed by atoms with Crippen LogP contribution in [-0.2, 0) is 6.18 Å². The fourth-order valence-corrected chi connectivity index (χ4v) is 1.83. The summed E-state index contributed by atoms with van der Waals surface area (Å²) in [5, 5.41) is 11.8. The van der Waals surface area contributed by atoms with Gasteiger partial charge in [-0.2, -0.15) is 18.4 Å². The molecule has 0 heterocycles. The van der Waals surface area contributed by atoms with Gasteiger partial charge in [0.2, 0.25) is 0 Å². The Labute approximate surface area is 118 Å². The van der Waals surface area contributed by atoms with Crippen LogP contribution in [0.4, 0.5) is 23.2 Å². The molecule has 2 nitrogen and oxygen atoms in total. The van der Waals surface area contributed by atoms with Crippen molar-refractivity contribution < 1.29 is 17.6 Å². The van der Waals surface area contributed by atoms with Crippen LogP contribution in [0.15, 0.2) is 48.5 Å². The quantitative estimate of drug-likeness (QED) is 0.845. The van der Waals surface area contributed by atoms with Crippen molar-refractivity contribution in [3.8, 4) is 6.07 Å². The number of hydrogen-bond donors (Lipinski definition) is 1. The van der Waals surface area contributed by atoms with Crippen molar-refractivity contribution in [2.24, 2.45) is 0 Å². The minimum atomic E-state index is -4.48. The molecule has 0 aliphatic heterocycles. The van der Waals surface area contributed by atoms with Crippen molar-refractivity contribution in [1.29, 1.82) is 5.26 Å². The normalized spacial score (nSPS) is 12.5. The predicted molar refractivity (Wildman–Crippen MR) is 69.8 cm³/mol. The third kappa shape index (κ3) is 3.72. The molecular formula is C15H10F4N2. The maximum absolute atomic E-state index is 13.1. The van der Waals surface area contributed by atoms with Crippen LogP contribution in [0.3, 0.4) is 0 Å². The third-order valence-electron chi connectivity index (χ3n) is 2.81. The highest BCUT2D eigenvalue weighted by atomic mass is 19.4. The second-order valence-corrected chi connectivity index (χ2v) is 4.34. The average molecular weight is 294 g/mol. The van der Waals surface area contributed by atoms with E-state index >= 15 is 0 Å². The smallest absolute Gasteiger partial charge is 0.366 e. The molecule has 1 atom stereocenters. The second kappa shape index (κ2) is 5.83. The molecule has 0 saturated carbocycles. The van der Waals surface area contributed by atoms with E-state index in [1.54, 1.807) is 0 Å². The number of nitrogens with zero attached hydrogens (tertiary/aromatic N) is 1. The zero-order chi connectivity index (χ0) is 15.5. The number of nitriles is 1. The van der Waals surface area contributed by atoms with Crippen LogP contribution in [0.2, 0.25) is 0 Å². The Morgan fingerprint density at radius 2 is 1.76 bits per heavy atom. The van der Waals surface area contributed by atoms with Crippen molar-refractivity contribution in [3.05, 3.63) is 65.5 Å². The molecule has 2 aromatic carbocycles.